The summed E-state index contributed by atoms with van der Waals surface area (Å²) in [5.41, 5.74) is 4.47. The van der Waals surface area contributed by atoms with Crippen molar-refractivity contribution in [3.8, 4) is 0 Å². The summed E-state index contributed by atoms with van der Waals surface area (Å²) in [5, 5.41) is 0. The van der Waals surface area contributed by atoms with E-state index in [1.54, 1.807) is 0 Å². The minimum atomic E-state index is -1.32. The molecule has 0 aliphatic rings. The fourth-order valence-electron chi connectivity index (χ4n) is 2.23. The van der Waals surface area contributed by atoms with Gasteiger partial charge in [0.25, 0.3) is 0 Å². The predicted molar refractivity (Wildman–Crippen MR) is 86.4 cm³/mol. The summed E-state index contributed by atoms with van der Waals surface area (Å²) in [6.45, 7) is 16.4. The van der Waals surface area contributed by atoms with Crippen LogP contribution in [-0.2, 0) is 0 Å². The van der Waals surface area contributed by atoms with Gasteiger partial charge < -0.3 is 4.57 Å². The van der Waals surface area contributed by atoms with Crippen LogP contribution in [0.3, 0.4) is 0 Å². The molecule has 1 rings (SSSR count). The van der Waals surface area contributed by atoms with E-state index in [4.69, 9.17) is 0 Å². The van der Waals surface area contributed by atoms with Gasteiger partial charge in [0.05, 0.1) is 0 Å². The smallest absolute Gasteiger partial charge is 0.147 e. The predicted octanol–water partition coefficient (Wildman–Crippen LogP) is 5.20. The molecular weight excluding hydrogens is 234 g/mol. The second-order valence-electron chi connectivity index (χ2n) is 6.82. The lowest BCUT2D eigenvalue weighted by molar-refractivity contribution is 0.829. The maximum Gasteiger partial charge on any atom is 0.147 e. The highest BCUT2D eigenvalue weighted by atomic mass is 28.3. The second kappa shape index (κ2) is 5.48. The highest BCUT2D eigenvalue weighted by Crippen LogP contribution is 2.36. The first-order valence-electron chi connectivity index (χ1n) is 7.03. The Morgan fingerprint density at radius 1 is 0.889 bits per heavy atom. The van der Waals surface area contributed by atoms with E-state index >= 15 is 0 Å². The molecule has 0 bridgehead atoms. The Hall–Kier alpha value is -0.763. The van der Waals surface area contributed by atoms with E-state index in [1.165, 1.54) is 16.8 Å². The zero-order chi connectivity index (χ0) is 14.1. The van der Waals surface area contributed by atoms with Gasteiger partial charge in [-0.15, -0.1) is 0 Å². The molecule has 0 amide bonds. The van der Waals surface area contributed by atoms with Gasteiger partial charge >= 0.3 is 0 Å². The lowest BCUT2D eigenvalue weighted by Crippen LogP contribution is -2.44. The van der Waals surface area contributed by atoms with Gasteiger partial charge in [-0.05, 0) is 30.0 Å². The number of nitrogens with zero attached hydrogens (tertiary/aromatic N) is 1. The minimum absolute atomic E-state index is 0.581. The first kappa shape index (κ1) is 15.3. The summed E-state index contributed by atoms with van der Waals surface area (Å²) in [5.74, 6) is 1.16. The van der Waals surface area contributed by atoms with Crippen molar-refractivity contribution in [3.05, 3.63) is 29.3 Å². The van der Waals surface area contributed by atoms with Crippen LogP contribution in [0.4, 0.5) is 5.69 Å². The molecule has 0 heterocycles. The van der Waals surface area contributed by atoms with E-state index in [1.807, 2.05) is 0 Å². The molecular formula is C16H29NSi. The highest BCUT2D eigenvalue weighted by Gasteiger charge is 2.26. The van der Waals surface area contributed by atoms with Gasteiger partial charge in [-0.2, -0.15) is 0 Å². The first-order chi connectivity index (χ1) is 8.16. The van der Waals surface area contributed by atoms with Gasteiger partial charge in [-0.3, -0.25) is 0 Å². The van der Waals surface area contributed by atoms with E-state index in [0.717, 1.165) is 0 Å². The molecule has 0 radical (unpaired) electrons. The standard InChI is InChI=1S/C16H29NSi/c1-12(2)14-10-9-11-15(13(3)4)16(14)17(5)18(6,7)8/h9-13H,1-8H3. The molecule has 0 spiro atoms. The lowest BCUT2D eigenvalue weighted by atomic mass is 9.93. The lowest BCUT2D eigenvalue weighted by Gasteiger charge is -2.37. The molecule has 1 aromatic rings. The Labute approximate surface area is 114 Å². The van der Waals surface area contributed by atoms with Crippen molar-refractivity contribution < 1.29 is 0 Å². The van der Waals surface area contributed by atoms with Crippen LogP contribution in [0.1, 0.15) is 50.7 Å². The van der Waals surface area contributed by atoms with Crippen molar-refractivity contribution in [1.82, 2.24) is 0 Å². The summed E-state index contributed by atoms with van der Waals surface area (Å²) < 4.78 is 2.57. The summed E-state index contributed by atoms with van der Waals surface area (Å²) in [6.07, 6.45) is 0. The third-order valence-corrected chi connectivity index (χ3v) is 5.92. The Bertz CT molecular complexity index is 376. The van der Waals surface area contributed by atoms with Gasteiger partial charge in [0.15, 0.2) is 0 Å². The van der Waals surface area contributed by atoms with Gasteiger partial charge in [-0.25, -0.2) is 0 Å². The van der Waals surface area contributed by atoms with E-state index in [2.05, 4.69) is 77.1 Å². The molecule has 0 aromatic heterocycles. The number of benzene rings is 1. The van der Waals surface area contributed by atoms with Crippen molar-refractivity contribution in [1.29, 1.82) is 0 Å². The molecule has 0 saturated heterocycles. The van der Waals surface area contributed by atoms with Crippen LogP contribution in [0, 0.1) is 0 Å². The Morgan fingerprint density at radius 2 is 1.28 bits per heavy atom. The number of rotatable bonds is 4. The van der Waals surface area contributed by atoms with E-state index < -0.39 is 8.24 Å². The van der Waals surface area contributed by atoms with Crippen LogP contribution in [0.2, 0.25) is 19.6 Å². The Balaban J connectivity index is 3.45. The number of hydrogen-bond donors (Lipinski definition) is 0. The van der Waals surface area contributed by atoms with Gasteiger partial charge in [0.2, 0.25) is 0 Å². The number of anilines is 1. The number of para-hydroxylation sites is 1. The highest BCUT2D eigenvalue weighted by molar-refractivity contribution is 6.79. The van der Waals surface area contributed by atoms with Crippen molar-refractivity contribution >= 4 is 13.9 Å². The summed E-state index contributed by atoms with van der Waals surface area (Å²) in [7, 11) is 0.954. The van der Waals surface area contributed by atoms with Crippen molar-refractivity contribution in [2.24, 2.45) is 0 Å². The van der Waals surface area contributed by atoms with Crippen LogP contribution < -0.4 is 4.57 Å². The third kappa shape index (κ3) is 3.17. The second-order valence-corrected chi connectivity index (χ2v) is 11.8. The van der Waals surface area contributed by atoms with E-state index in [0.29, 0.717) is 11.8 Å². The largest absolute Gasteiger partial charge is 0.400 e. The topological polar surface area (TPSA) is 3.24 Å². The normalized spacial score (nSPS) is 12.3. The zero-order valence-corrected chi connectivity index (χ0v) is 14.3. The molecule has 0 aliphatic carbocycles. The molecule has 0 fully saturated rings. The molecule has 0 atom stereocenters. The average Bonchev–Trinajstić information content (AvgIpc) is 2.25. The molecule has 0 aliphatic heterocycles. The third-order valence-electron chi connectivity index (χ3n) is 3.68. The molecule has 0 N–H and O–H groups in total. The monoisotopic (exact) mass is 263 g/mol. The summed E-state index contributed by atoms with van der Waals surface area (Å²) in [4.78, 5) is 0. The summed E-state index contributed by atoms with van der Waals surface area (Å²) in [6, 6.07) is 6.80. The van der Waals surface area contributed by atoms with Gasteiger partial charge in [0.1, 0.15) is 8.24 Å². The van der Waals surface area contributed by atoms with Gasteiger partial charge in [0, 0.05) is 5.69 Å². The maximum absolute atomic E-state index is 2.57. The first-order valence-corrected chi connectivity index (χ1v) is 10.5. The fourth-order valence-corrected chi connectivity index (χ4v) is 3.16. The van der Waals surface area contributed by atoms with Crippen LogP contribution in [-0.4, -0.2) is 15.3 Å². The van der Waals surface area contributed by atoms with E-state index in [9.17, 15) is 0 Å². The molecule has 1 aromatic carbocycles. The molecule has 0 saturated carbocycles. The van der Waals surface area contributed by atoms with Crippen LogP contribution in [0.15, 0.2) is 18.2 Å². The van der Waals surface area contributed by atoms with Crippen molar-refractivity contribution in [3.63, 3.8) is 0 Å². The van der Waals surface area contributed by atoms with Crippen LogP contribution in [0.5, 0.6) is 0 Å². The molecule has 102 valence electrons. The SMILES string of the molecule is CC(C)c1cccc(C(C)C)c1N(C)[Si](C)(C)C. The zero-order valence-electron chi connectivity index (χ0n) is 13.3. The van der Waals surface area contributed by atoms with Crippen LogP contribution >= 0.6 is 0 Å². The van der Waals surface area contributed by atoms with Crippen molar-refractivity contribution in [2.75, 3.05) is 11.6 Å². The summed E-state index contributed by atoms with van der Waals surface area (Å²) >= 11 is 0. The molecule has 2 heteroatoms. The van der Waals surface area contributed by atoms with Crippen molar-refractivity contribution in [2.45, 2.75) is 59.2 Å². The Kier molecular flexibility index (Phi) is 4.65. The number of hydrogen-bond acceptors (Lipinski definition) is 1. The van der Waals surface area contributed by atoms with E-state index in [-0.39, 0.29) is 0 Å². The van der Waals surface area contributed by atoms with Gasteiger partial charge in [-0.1, -0.05) is 65.5 Å². The quantitative estimate of drug-likeness (QED) is 0.674. The molecule has 0 unspecified atom stereocenters. The molecule has 1 nitrogen and oxygen atoms in total. The maximum atomic E-state index is 2.57. The van der Waals surface area contributed by atoms with Crippen LogP contribution in [0.25, 0.3) is 0 Å². The average molecular weight is 264 g/mol. The molecule has 18 heavy (non-hydrogen) atoms. The minimum Gasteiger partial charge on any atom is -0.400 e. The fraction of sp³-hybridized carbons (Fsp3) is 0.625. The Morgan fingerprint density at radius 3 is 1.56 bits per heavy atom.